The van der Waals surface area contributed by atoms with Crippen molar-refractivity contribution in [2.75, 3.05) is 0 Å². The van der Waals surface area contributed by atoms with Crippen LogP contribution in [0.1, 0.15) is 11.1 Å². The zero-order chi connectivity index (χ0) is 14.0. The molecule has 0 spiro atoms. The second-order valence-electron chi connectivity index (χ2n) is 4.07. The van der Waals surface area contributed by atoms with Gasteiger partial charge >= 0.3 is 0 Å². The maximum Gasteiger partial charge on any atom is 0.130 e. The van der Waals surface area contributed by atoms with Crippen LogP contribution in [0.15, 0.2) is 36.4 Å². The van der Waals surface area contributed by atoms with Gasteiger partial charge < -0.3 is 10.5 Å². The lowest BCUT2D eigenvalue weighted by molar-refractivity contribution is 0.479. The van der Waals surface area contributed by atoms with E-state index >= 15 is 0 Å². The average Bonchev–Trinajstić information content (AvgIpc) is 2.32. The van der Waals surface area contributed by atoms with Gasteiger partial charge in [0.25, 0.3) is 0 Å². The summed E-state index contributed by atoms with van der Waals surface area (Å²) in [7, 11) is 0. The van der Waals surface area contributed by atoms with Crippen molar-refractivity contribution in [2.24, 2.45) is 5.73 Å². The van der Waals surface area contributed by atoms with Gasteiger partial charge in [-0.3, -0.25) is 5.41 Å². The molecule has 0 amide bonds. The molecule has 3 nitrogen and oxygen atoms in total. The van der Waals surface area contributed by atoms with Crippen LogP contribution in [-0.4, -0.2) is 5.84 Å². The summed E-state index contributed by atoms with van der Waals surface area (Å²) in [6.07, 6.45) is 0. The summed E-state index contributed by atoms with van der Waals surface area (Å²) < 4.78 is 5.73. The Balaban J connectivity index is 2.29. The summed E-state index contributed by atoms with van der Waals surface area (Å²) >= 11 is 11.9. The molecular formula is C14H12Cl2N2O. The maximum atomic E-state index is 7.36. The van der Waals surface area contributed by atoms with Crippen molar-refractivity contribution in [3.05, 3.63) is 57.6 Å². The molecule has 0 atom stereocenters. The van der Waals surface area contributed by atoms with Crippen molar-refractivity contribution >= 4 is 29.0 Å². The molecule has 0 heterocycles. The molecule has 0 saturated heterocycles. The predicted octanol–water partition coefficient (Wildman–Crippen LogP) is 4.38. The third-order valence-electron chi connectivity index (χ3n) is 2.60. The topological polar surface area (TPSA) is 59.1 Å². The summed E-state index contributed by atoms with van der Waals surface area (Å²) in [5, 5.41) is 8.41. The van der Waals surface area contributed by atoms with E-state index < -0.39 is 0 Å². The van der Waals surface area contributed by atoms with Gasteiger partial charge in [-0.15, -0.1) is 0 Å². The molecule has 5 heteroatoms. The molecule has 2 aromatic carbocycles. The molecule has 3 N–H and O–H groups in total. The highest BCUT2D eigenvalue weighted by Gasteiger charge is 2.07. The van der Waals surface area contributed by atoms with Crippen LogP contribution in [0.4, 0.5) is 0 Å². The smallest absolute Gasteiger partial charge is 0.130 e. The van der Waals surface area contributed by atoms with Crippen LogP contribution < -0.4 is 10.5 Å². The summed E-state index contributed by atoms with van der Waals surface area (Å²) in [6.45, 7) is 1.91. The number of rotatable bonds is 3. The van der Waals surface area contributed by atoms with Gasteiger partial charge in [0.1, 0.15) is 17.3 Å². The number of nitrogens with one attached hydrogen (secondary N) is 1. The third-order valence-corrected chi connectivity index (χ3v) is 3.14. The van der Waals surface area contributed by atoms with Crippen LogP contribution >= 0.6 is 23.2 Å². The first-order chi connectivity index (χ1) is 8.97. The first kappa shape index (κ1) is 13.7. The van der Waals surface area contributed by atoms with Crippen LogP contribution in [0.25, 0.3) is 0 Å². The molecule has 0 unspecified atom stereocenters. The number of hydrogen-bond donors (Lipinski definition) is 2. The highest BCUT2D eigenvalue weighted by molar-refractivity contribution is 6.34. The molecule has 0 aliphatic rings. The SMILES string of the molecule is Cc1cc(Cl)ccc1Oc1ccc(C(=N)N)c(Cl)c1. The van der Waals surface area contributed by atoms with Crippen molar-refractivity contribution in [3.8, 4) is 11.5 Å². The van der Waals surface area contributed by atoms with E-state index in [2.05, 4.69) is 0 Å². The number of amidine groups is 1. The zero-order valence-electron chi connectivity index (χ0n) is 10.2. The molecule has 0 fully saturated rings. The first-order valence-corrected chi connectivity index (χ1v) is 6.31. The van der Waals surface area contributed by atoms with Crippen molar-refractivity contribution in [1.29, 1.82) is 5.41 Å². The van der Waals surface area contributed by atoms with E-state index in [0.29, 0.717) is 27.1 Å². The normalized spacial score (nSPS) is 10.3. The number of halogens is 2. The van der Waals surface area contributed by atoms with E-state index in [0.717, 1.165) is 5.56 Å². The molecule has 2 rings (SSSR count). The van der Waals surface area contributed by atoms with Crippen molar-refractivity contribution < 1.29 is 4.74 Å². The fraction of sp³-hybridized carbons (Fsp3) is 0.0714. The quantitative estimate of drug-likeness (QED) is 0.652. The van der Waals surface area contributed by atoms with Crippen LogP contribution in [0, 0.1) is 12.3 Å². The largest absolute Gasteiger partial charge is 0.457 e. The molecule has 0 bridgehead atoms. The number of hydrogen-bond acceptors (Lipinski definition) is 2. The van der Waals surface area contributed by atoms with E-state index in [1.807, 2.05) is 13.0 Å². The lowest BCUT2D eigenvalue weighted by Gasteiger charge is -2.10. The minimum atomic E-state index is -0.0702. The lowest BCUT2D eigenvalue weighted by atomic mass is 10.2. The monoisotopic (exact) mass is 294 g/mol. The number of aryl methyl sites for hydroxylation is 1. The van der Waals surface area contributed by atoms with Gasteiger partial charge in [0.05, 0.1) is 5.02 Å². The average molecular weight is 295 g/mol. The summed E-state index contributed by atoms with van der Waals surface area (Å²) in [5.41, 5.74) is 6.82. The maximum absolute atomic E-state index is 7.36. The van der Waals surface area contributed by atoms with E-state index in [9.17, 15) is 0 Å². The molecule has 2 aromatic rings. The number of benzene rings is 2. The fourth-order valence-electron chi connectivity index (χ4n) is 1.63. The second kappa shape index (κ2) is 5.51. The van der Waals surface area contributed by atoms with Crippen LogP contribution in [0.5, 0.6) is 11.5 Å². The molecule has 0 saturated carbocycles. The fourth-order valence-corrected chi connectivity index (χ4v) is 2.13. The van der Waals surface area contributed by atoms with Gasteiger partial charge in [0.15, 0.2) is 0 Å². The van der Waals surface area contributed by atoms with Gasteiger partial charge in [-0.05, 0) is 42.8 Å². The third kappa shape index (κ3) is 3.19. The van der Waals surface area contributed by atoms with Crippen LogP contribution in [-0.2, 0) is 0 Å². The number of ether oxygens (including phenoxy) is 1. The lowest BCUT2D eigenvalue weighted by Crippen LogP contribution is -2.11. The van der Waals surface area contributed by atoms with Crippen molar-refractivity contribution in [2.45, 2.75) is 6.92 Å². The van der Waals surface area contributed by atoms with E-state index in [1.165, 1.54) is 0 Å². The Bertz CT molecular complexity index is 641. The van der Waals surface area contributed by atoms with E-state index in [4.69, 9.17) is 39.1 Å². The van der Waals surface area contributed by atoms with Crippen molar-refractivity contribution in [3.63, 3.8) is 0 Å². The van der Waals surface area contributed by atoms with E-state index in [1.54, 1.807) is 30.3 Å². The molecular weight excluding hydrogens is 283 g/mol. The molecule has 0 aliphatic carbocycles. The minimum Gasteiger partial charge on any atom is -0.457 e. The molecule has 0 aliphatic heterocycles. The molecule has 0 aromatic heterocycles. The van der Waals surface area contributed by atoms with Gasteiger partial charge in [-0.1, -0.05) is 23.2 Å². The highest BCUT2D eigenvalue weighted by atomic mass is 35.5. The number of nitrogens with two attached hydrogens (primary N) is 1. The Morgan fingerprint density at radius 2 is 1.89 bits per heavy atom. The van der Waals surface area contributed by atoms with Gasteiger partial charge in [-0.25, -0.2) is 0 Å². The summed E-state index contributed by atoms with van der Waals surface area (Å²) in [5.74, 6) is 1.22. The van der Waals surface area contributed by atoms with Gasteiger partial charge in [0.2, 0.25) is 0 Å². The van der Waals surface area contributed by atoms with Crippen LogP contribution in [0.3, 0.4) is 0 Å². The van der Waals surface area contributed by atoms with Gasteiger partial charge in [-0.2, -0.15) is 0 Å². The Kier molecular flexibility index (Phi) is 3.98. The van der Waals surface area contributed by atoms with Crippen molar-refractivity contribution in [1.82, 2.24) is 0 Å². The Morgan fingerprint density at radius 1 is 1.16 bits per heavy atom. The Labute approximate surface area is 121 Å². The minimum absolute atomic E-state index is 0.0702. The van der Waals surface area contributed by atoms with Gasteiger partial charge in [0, 0.05) is 16.7 Å². The highest BCUT2D eigenvalue weighted by Crippen LogP contribution is 2.29. The molecule has 98 valence electrons. The summed E-state index contributed by atoms with van der Waals surface area (Å²) in [4.78, 5) is 0. The Morgan fingerprint density at radius 3 is 2.47 bits per heavy atom. The number of nitrogen functional groups attached to an aromatic ring is 1. The van der Waals surface area contributed by atoms with E-state index in [-0.39, 0.29) is 5.84 Å². The standard InChI is InChI=1S/C14H12Cl2N2O/c1-8-6-9(15)2-5-13(8)19-10-3-4-11(14(17)18)12(16)7-10/h2-7H,1H3,(H3,17,18). The predicted molar refractivity (Wildman–Crippen MR) is 78.7 cm³/mol. The molecule has 0 radical (unpaired) electrons. The van der Waals surface area contributed by atoms with Crippen LogP contribution in [0.2, 0.25) is 10.0 Å². The summed E-state index contributed by atoms with van der Waals surface area (Å²) in [6, 6.07) is 10.4. The second-order valence-corrected chi connectivity index (χ2v) is 4.91. The zero-order valence-corrected chi connectivity index (χ0v) is 11.7. The molecule has 19 heavy (non-hydrogen) atoms. The first-order valence-electron chi connectivity index (χ1n) is 5.55. The Hall–Kier alpha value is -1.71.